The fraction of sp³-hybridized carbons (Fsp3) is 0. The monoisotopic (exact) mass is 367 g/mol. The van der Waals surface area contributed by atoms with Gasteiger partial charge in [-0.3, -0.25) is 0 Å². The van der Waals surface area contributed by atoms with Crippen molar-refractivity contribution in [2.75, 3.05) is 5.73 Å². The molecule has 0 bridgehead atoms. The maximum atomic E-state index is 13.5. The molecule has 0 fully saturated rings. The quantitative estimate of drug-likeness (QED) is 0.674. The smallest absolute Gasteiger partial charge is 0.260 e. The van der Waals surface area contributed by atoms with Crippen molar-refractivity contribution in [2.45, 2.75) is 0 Å². The van der Waals surface area contributed by atoms with Gasteiger partial charge in [-0.2, -0.15) is 4.98 Å². The van der Waals surface area contributed by atoms with E-state index in [0.29, 0.717) is 16.4 Å². The second-order valence-corrected chi connectivity index (χ2v) is 5.51. The summed E-state index contributed by atoms with van der Waals surface area (Å²) in [6, 6.07) is 9.67. The SMILES string of the molecule is Nc1c(F)cccc1-c1nc(-c2ccc(Cl)c(Br)c2)no1. The number of hydrogen-bond donors (Lipinski definition) is 1. The van der Waals surface area contributed by atoms with E-state index in [1.165, 1.54) is 12.1 Å². The van der Waals surface area contributed by atoms with Crippen molar-refractivity contribution in [3.8, 4) is 22.8 Å². The van der Waals surface area contributed by atoms with E-state index in [1.54, 1.807) is 24.3 Å². The van der Waals surface area contributed by atoms with Crippen LogP contribution >= 0.6 is 27.5 Å². The van der Waals surface area contributed by atoms with Gasteiger partial charge in [-0.15, -0.1) is 0 Å². The maximum Gasteiger partial charge on any atom is 0.260 e. The van der Waals surface area contributed by atoms with E-state index < -0.39 is 5.82 Å². The van der Waals surface area contributed by atoms with Gasteiger partial charge in [-0.05, 0) is 46.3 Å². The number of para-hydroxylation sites is 1. The van der Waals surface area contributed by atoms with E-state index in [-0.39, 0.29) is 11.6 Å². The molecule has 3 rings (SSSR count). The van der Waals surface area contributed by atoms with Crippen molar-refractivity contribution in [2.24, 2.45) is 0 Å². The van der Waals surface area contributed by atoms with Crippen molar-refractivity contribution in [1.29, 1.82) is 0 Å². The van der Waals surface area contributed by atoms with Gasteiger partial charge in [0.25, 0.3) is 5.89 Å². The van der Waals surface area contributed by atoms with Gasteiger partial charge >= 0.3 is 0 Å². The molecule has 4 nitrogen and oxygen atoms in total. The number of hydrogen-bond acceptors (Lipinski definition) is 4. The summed E-state index contributed by atoms with van der Waals surface area (Å²) in [6.07, 6.45) is 0. The molecule has 21 heavy (non-hydrogen) atoms. The lowest BCUT2D eigenvalue weighted by Crippen LogP contribution is -1.94. The highest BCUT2D eigenvalue weighted by Crippen LogP contribution is 2.30. The molecule has 0 aliphatic heterocycles. The Morgan fingerprint density at radius 1 is 1.24 bits per heavy atom. The predicted molar refractivity (Wildman–Crippen MR) is 82.3 cm³/mol. The number of nitrogen functional groups attached to an aromatic ring is 1. The van der Waals surface area contributed by atoms with Gasteiger partial charge in [0.15, 0.2) is 0 Å². The summed E-state index contributed by atoms with van der Waals surface area (Å²) >= 11 is 9.27. The van der Waals surface area contributed by atoms with E-state index in [4.69, 9.17) is 21.9 Å². The lowest BCUT2D eigenvalue weighted by Gasteiger charge is -2.00. The molecule has 0 aliphatic rings. The van der Waals surface area contributed by atoms with Crippen LogP contribution in [0.4, 0.5) is 10.1 Å². The zero-order chi connectivity index (χ0) is 15.0. The van der Waals surface area contributed by atoms with E-state index >= 15 is 0 Å². The Hall–Kier alpha value is -1.92. The molecule has 0 saturated heterocycles. The molecule has 0 spiro atoms. The van der Waals surface area contributed by atoms with Crippen LogP contribution in [0.15, 0.2) is 45.4 Å². The van der Waals surface area contributed by atoms with Gasteiger partial charge in [0.2, 0.25) is 5.82 Å². The zero-order valence-electron chi connectivity index (χ0n) is 10.5. The fourth-order valence-electron chi connectivity index (χ4n) is 1.81. The first-order valence-electron chi connectivity index (χ1n) is 5.90. The number of anilines is 1. The molecule has 0 aliphatic carbocycles. The Morgan fingerprint density at radius 3 is 2.81 bits per heavy atom. The number of aromatic nitrogens is 2. The minimum atomic E-state index is -0.526. The first-order chi connectivity index (χ1) is 10.1. The molecule has 0 saturated carbocycles. The number of benzene rings is 2. The van der Waals surface area contributed by atoms with Crippen LogP contribution in [0.3, 0.4) is 0 Å². The Morgan fingerprint density at radius 2 is 2.05 bits per heavy atom. The Balaban J connectivity index is 2.03. The lowest BCUT2D eigenvalue weighted by atomic mass is 10.1. The Kier molecular flexibility index (Phi) is 3.65. The summed E-state index contributed by atoms with van der Waals surface area (Å²) in [5.41, 5.74) is 6.74. The standard InChI is InChI=1S/C14H8BrClFN3O/c15-9-6-7(4-5-10(9)16)13-19-14(21-20-13)8-2-1-3-11(17)12(8)18/h1-6H,18H2. The van der Waals surface area contributed by atoms with Crippen LogP contribution in [-0.2, 0) is 0 Å². The molecule has 3 aromatic rings. The van der Waals surface area contributed by atoms with Crippen LogP contribution in [0.5, 0.6) is 0 Å². The molecule has 2 aromatic carbocycles. The molecule has 2 N–H and O–H groups in total. The van der Waals surface area contributed by atoms with E-state index in [9.17, 15) is 4.39 Å². The Labute approximate surface area is 132 Å². The number of rotatable bonds is 2. The minimum absolute atomic E-state index is 0.0232. The second kappa shape index (κ2) is 5.46. The average Bonchev–Trinajstić information content (AvgIpc) is 2.94. The molecule has 0 amide bonds. The van der Waals surface area contributed by atoms with Crippen LogP contribution in [-0.4, -0.2) is 10.1 Å². The van der Waals surface area contributed by atoms with Gasteiger partial charge in [0, 0.05) is 10.0 Å². The Bertz CT molecular complexity index is 822. The molecular formula is C14H8BrClFN3O. The van der Waals surface area contributed by atoms with Gasteiger partial charge in [0.05, 0.1) is 16.3 Å². The topological polar surface area (TPSA) is 64.9 Å². The third-order valence-corrected chi connectivity index (χ3v) is 4.10. The molecule has 0 atom stereocenters. The molecule has 0 radical (unpaired) electrons. The largest absolute Gasteiger partial charge is 0.396 e. The van der Waals surface area contributed by atoms with Crippen molar-refractivity contribution in [1.82, 2.24) is 10.1 Å². The molecule has 0 unspecified atom stereocenters. The van der Waals surface area contributed by atoms with Crippen molar-refractivity contribution >= 4 is 33.2 Å². The second-order valence-electron chi connectivity index (χ2n) is 4.25. The first-order valence-corrected chi connectivity index (χ1v) is 7.07. The van der Waals surface area contributed by atoms with Gasteiger partial charge < -0.3 is 10.3 Å². The zero-order valence-corrected chi connectivity index (χ0v) is 12.8. The lowest BCUT2D eigenvalue weighted by molar-refractivity contribution is 0.432. The van der Waals surface area contributed by atoms with Gasteiger partial charge in [0.1, 0.15) is 5.82 Å². The van der Waals surface area contributed by atoms with E-state index in [2.05, 4.69) is 26.1 Å². The predicted octanol–water partition coefficient (Wildman–Crippen LogP) is 4.54. The van der Waals surface area contributed by atoms with Crippen LogP contribution in [0.25, 0.3) is 22.8 Å². The summed E-state index contributed by atoms with van der Waals surface area (Å²) in [6.45, 7) is 0. The highest BCUT2D eigenvalue weighted by Gasteiger charge is 2.15. The van der Waals surface area contributed by atoms with Crippen molar-refractivity contribution < 1.29 is 8.91 Å². The third kappa shape index (κ3) is 2.64. The highest BCUT2D eigenvalue weighted by atomic mass is 79.9. The van der Waals surface area contributed by atoms with Crippen molar-refractivity contribution in [3.05, 3.63) is 51.7 Å². The summed E-state index contributed by atoms with van der Waals surface area (Å²) in [7, 11) is 0. The number of nitrogens with zero attached hydrogens (tertiary/aromatic N) is 2. The summed E-state index contributed by atoms with van der Waals surface area (Å²) in [5, 5.41) is 4.46. The van der Waals surface area contributed by atoms with Gasteiger partial charge in [-0.25, -0.2) is 4.39 Å². The molecule has 7 heteroatoms. The third-order valence-electron chi connectivity index (χ3n) is 2.89. The molecule has 1 heterocycles. The molecule has 106 valence electrons. The molecule has 1 aromatic heterocycles. The summed E-state index contributed by atoms with van der Waals surface area (Å²) in [4.78, 5) is 4.24. The summed E-state index contributed by atoms with van der Waals surface area (Å²) < 4.78 is 19.3. The van der Waals surface area contributed by atoms with Crippen LogP contribution in [0.2, 0.25) is 5.02 Å². The number of nitrogens with two attached hydrogens (primary N) is 1. The van der Waals surface area contributed by atoms with Gasteiger partial charge in [-0.1, -0.05) is 22.8 Å². The minimum Gasteiger partial charge on any atom is -0.396 e. The van der Waals surface area contributed by atoms with Crippen molar-refractivity contribution in [3.63, 3.8) is 0 Å². The average molecular weight is 369 g/mol. The van der Waals surface area contributed by atoms with Crippen LogP contribution in [0, 0.1) is 5.82 Å². The fourth-order valence-corrected chi connectivity index (χ4v) is 2.31. The highest BCUT2D eigenvalue weighted by molar-refractivity contribution is 9.10. The van der Waals surface area contributed by atoms with Crippen LogP contribution < -0.4 is 5.73 Å². The molecular weight excluding hydrogens is 361 g/mol. The first kappa shape index (κ1) is 14.0. The number of halogens is 3. The maximum absolute atomic E-state index is 13.5. The summed E-state index contributed by atoms with van der Waals surface area (Å²) in [5.74, 6) is 0.000544. The van der Waals surface area contributed by atoms with E-state index in [0.717, 1.165) is 10.0 Å². The van der Waals surface area contributed by atoms with E-state index in [1.807, 2.05) is 0 Å². The van der Waals surface area contributed by atoms with Crippen LogP contribution in [0.1, 0.15) is 0 Å². The normalized spacial score (nSPS) is 10.8.